The molecule has 0 aliphatic rings. The molecule has 3 heteroatoms. The van der Waals surface area contributed by atoms with Crippen molar-refractivity contribution in [1.29, 1.82) is 0 Å². The molecule has 2 nitrogen and oxygen atoms in total. The molecule has 1 aromatic carbocycles. The minimum Gasteiger partial charge on any atom is -0.537 e. The third-order valence-corrected chi connectivity index (χ3v) is 2.14. The molecule has 0 unspecified atom stereocenters. The molecule has 74 valence electrons. The lowest BCUT2D eigenvalue weighted by atomic mass is 9.71. The van der Waals surface area contributed by atoms with Crippen LogP contribution in [0.25, 0.3) is 10.9 Å². The van der Waals surface area contributed by atoms with Crippen LogP contribution >= 0.6 is 0 Å². The van der Waals surface area contributed by atoms with Crippen LogP contribution in [-0.4, -0.2) is 11.9 Å². The molecule has 0 saturated heterocycles. The van der Waals surface area contributed by atoms with Crippen LogP contribution in [0, 0.1) is 24.5 Å². The van der Waals surface area contributed by atoms with E-state index >= 15 is 0 Å². The number of hydrogen-bond donors (Lipinski definition) is 0. The van der Waals surface area contributed by atoms with E-state index in [9.17, 15) is 0 Å². The van der Waals surface area contributed by atoms with Crippen molar-refractivity contribution in [3.8, 4) is 30.2 Å². The number of pyridine rings is 1. The first kappa shape index (κ1) is 10.1. The monoisotopic (exact) mass is 205 g/mol. The average molecular weight is 205 g/mol. The summed E-state index contributed by atoms with van der Waals surface area (Å²) in [6, 6.07) is 9.46. The quantitative estimate of drug-likeness (QED) is 0.552. The Morgan fingerprint density at radius 3 is 2.62 bits per heavy atom. The van der Waals surface area contributed by atoms with E-state index in [1.54, 1.807) is 12.3 Å². The van der Waals surface area contributed by atoms with E-state index in [4.69, 9.17) is 17.5 Å². The molecule has 0 spiro atoms. The highest BCUT2D eigenvalue weighted by Gasteiger charge is 2.12. The molecule has 0 atom stereocenters. The van der Waals surface area contributed by atoms with Crippen LogP contribution < -0.4 is 4.65 Å². The topological polar surface area (TPSA) is 22.1 Å². The van der Waals surface area contributed by atoms with E-state index in [0.29, 0.717) is 5.75 Å². The first-order valence-corrected chi connectivity index (χ1v) is 4.78. The van der Waals surface area contributed by atoms with Crippen LogP contribution in [0.2, 0.25) is 0 Å². The zero-order valence-electron chi connectivity index (χ0n) is 8.55. The Morgan fingerprint density at radius 2 is 1.88 bits per heavy atom. The summed E-state index contributed by atoms with van der Waals surface area (Å²) in [5, 5.41) is 0.993. The van der Waals surface area contributed by atoms with Crippen molar-refractivity contribution >= 4 is 17.8 Å². The second-order valence-corrected chi connectivity index (χ2v) is 3.16. The number of nitrogens with zero attached hydrogens (tertiary/aromatic N) is 1. The minimum absolute atomic E-state index is 0.610. The molecule has 0 saturated carbocycles. The van der Waals surface area contributed by atoms with Crippen molar-refractivity contribution in [1.82, 2.24) is 4.98 Å². The van der Waals surface area contributed by atoms with E-state index in [-0.39, 0.29) is 0 Å². The highest BCUT2D eigenvalue weighted by atomic mass is 16.4. The van der Waals surface area contributed by atoms with Crippen LogP contribution in [0.5, 0.6) is 5.75 Å². The largest absolute Gasteiger partial charge is 0.537 e. The zero-order valence-corrected chi connectivity index (χ0v) is 8.55. The Balaban J connectivity index is 2.46. The SMILES string of the molecule is C#CB(C#C)Oc1cccc2cccnc12. The number of fused-ring (bicyclic) bond motifs is 1. The molecule has 0 aliphatic heterocycles. The third kappa shape index (κ3) is 1.85. The van der Waals surface area contributed by atoms with Crippen LogP contribution in [0.4, 0.5) is 0 Å². The summed E-state index contributed by atoms with van der Waals surface area (Å²) in [6.45, 7) is -0.660. The highest BCUT2D eigenvalue weighted by molar-refractivity contribution is 6.70. The molecule has 0 radical (unpaired) electrons. The van der Waals surface area contributed by atoms with E-state index < -0.39 is 6.92 Å². The lowest BCUT2D eigenvalue weighted by Gasteiger charge is -2.08. The number of para-hydroxylation sites is 1. The molecular formula is C13H8BNO. The molecule has 0 amide bonds. The van der Waals surface area contributed by atoms with E-state index in [2.05, 4.69) is 16.6 Å². The first-order chi connectivity index (χ1) is 7.85. The van der Waals surface area contributed by atoms with Gasteiger partial charge in [0.05, 0.1) is 0 Å². The predicted molar refractivity (Wildman–Crippen MR) is 65.8 cm³/mol. The third-order valence-electron chi connectivity index (χ3n) is 2.14. The number of terminal acetylenes is 2. The van der Waals surface area contributed by atoms with Gasteiger partial charge in [0.2, 0.25) is 0 Å². The molecule has 0 bridgehead atoms. The van der Waals surface area contributed by atoms with Crippen LogP contribution in [0.1, 0.15) is 0 Å². The fourth-order valence-corrected chi connectivity index (χ4v) is 1.41. The fourth-order valence-electron chi connectivity index (χ4n) is 1.41. The second kappa shape index (κ2) is 4.42. The van der Waals surface area contributed by atoms with Gasteiger partial charge in [-0.15, -0.1) is 12.8 Å². The molecular weight excluding hydrogens is 197 g/mol. The summed E-state index contributed by atoms with van der Waals surface area (Å²) in [6.07, 6.45) is 12.2. The molecule has 1 heterocycles. The summed E-state index contributed by atoms with van der Waals surface area (Å²) in [5.74, 6) is 5.37. The smallest absolute Gasteiger partial charge is 0.534 e. The van der Waals surface area contributed by atoms with Gasteiger partial charge < -0.3 is 4.65 Å². The predicted octanol–water partition coefficient (Wildman–Crippen LogP) is 1.95. The fraction of sp³-hybridized carbons (Fsp3) is 0. The normalized spacial score (nSPS) is 9.12. The van der Waals surface area contributed by atoms with Crippen molar-refractivity contribution in [2.75, 3.05) is 0 Å². The lowest BCUT2D eigenvalue weighted by Crippen LogP contribution is -2.17. The van der Waals surface area contributed by atoms with Crippen molar-refractivity contribution < 1.29 is 4.65 Å². The highest BCUT2D eigenvalue weighted by Crippen LogP contribution is 2.23. The van der Waals surface area contributed by atoms with Gasteiger partial charge in [-0.2, -0.15) is 0 Å². The average Bonchev–Trinajstić information content (AvgIpc) is 2.36. The Labute approximate surface area is 94.8 Å². The molecule has 2 rings (SSSR count). The number of hydrogen-bond acceptors (Lipinski definition) is 2. The van der Waals surface area contributed by atoms with Gasteiger partial charge in [-0.25, -0.2) is 0 Å². The molecule has 2 aromatic rings. The standard InChI is InChI=1S/C13H8BNO/c1-3-14(4-2)16-12-9-5-7-11-8-6-10-15-13(11)12/h1-2,5-10H. The molecule has 1 aromatic heterocycles. The van der Waals surface area contributed by atoms with Crippen molar-refractivity contribution in [2.24, 2.45) is 0 Å². The summed E-state index contributed by atoms with van der Waals surface area (Å²) >= 11 is 0. The number of aromatic nitrogens is 1. The first-order valence-electron chi connectivity index (χ1n) is 4.78. The van der Waals surface area contributed by atoms with Gasteiger partial charge in [-0.3, -0.25) is 4.98 Å². The Morgan fingerprint density at radius 1 is 1.12 bits per heavy atom. The van der Waals surface area contributed by atoms with E-state index in [1.165, 1.54) is 0 Å². The van der Waals surface area contributed by atoms with Gasteiger partial charge in [0.1, 0.15) is 11.3 Å². The van der Waals surface area contributed by atoms with Crippen LogP contribution in [0.15, 0.2) is 36.5 Å². The van der Waals surface area contributed by atoms with E-state index in [0.717, 1.165) is 10.9 Å². The minimum atomic E-state index is -0.660. The van der Waals surface area contributed by atoms with E-state index in [1.807, 2.05) is 24.3 Å². The zero-order chi connectivity index (χ0) is 11.4. The van der Waals surface area contributed by atoms with Gasteiger partial charge in [0, 0.05) is 11.6 Å². The number of benzene rings is 1. The summed E-state index contributed by atoms with van der Waals surface area (Å²) in [4.78, 5) is 4.24. The Kier molecular flexibility index (Phi) is 2.80. The van der Waals surface area contributed by atoms with Crippen molar-refractivity contribution in [3.05, 3.63) is 36.5 Å². The second-order valence-electron chi connectivity index (χ2n) is 3.16. The molecule has 0 aliphatic carbocycles. The summed E-state index contributed by atoms with van der Waals surface area (Å²) in [7, 11) is 0. The molecule has 16 heavy (non-hydrogen) atoms. The van der Waals surface area contributed by atoms with Gasteiger partial charge in [-0.1, -0.05) is 29.8 Å². The van der Waals surface area contributed by atoms with Crippen LogP contribution in [0.3, 0.4) is 0 Å². The van der Waals surface area contributed by atoms with Gasteiger partial charge >= 0.3 is 6.92 Å². The Bertz CT molecular complexity index is 575. The van der Waals surface area contributed by atoms with Crippen molar-refractivity contribution in [3.63, 3.8) is 0 Å². The number of rotatable bonds is 2. The maximum absolute atomic E-state index is 5.49. The van der Waals surface area contributed by atoms with Gasteiger partial charge in [-0.05, 0) is 12.1 Å². The molecule has 0 fully saturated rings. The van der Waals surface area contributed by atoms with Crippen LogP contribution in [-0.2, 0) is 0 Å². The molecule has 0 N–H and O–H groups in total. The Hall–Kier alpha value is -2.39. The lowest BCUT2D eigenvalue weighted by molar-refractivity contribution is 0.600. The van der Waals surface area contributed by atoms with Crippen molar-refractivity contribution in [2.45, 2.75) is 0 Å². The summed E-state index contributed by atoms with van der Waals surface area (Å²) < 4.78 is 5.49. The summed E-state index contributed by atoms with van der Waals surface area (Å²) in [5.41, 5.74) is 0.764. The van der Waals surface area contributed by atoms with Gasteiger partial charge in [0.15, 0.2) is 0 Å². The maximum Gasteiger partial charge on any atom is 0.534 e. The van der Waals surface area contributed by atoms with Gasteiger partial charge in [0.25, 0.3) is 0 Å². The maximum atomic E-state index is 5.49.